The van der Waals surface area contributed by atoms with Crippen LogP contribution in [-0.2, 0) is 9.59 Å². The number of amides is 4. The minimum atomic E-state index is -0.896. The molecule has 0 spiro atoms. The summed E-state index contributed by atoms with van der Waals surface area (Å²) in [5.74, 6) is -0.132. The van der Waals surface area contributed by atoms with E-state index in [0.717, 1.165) is 25.7 Å². The summed E-state index contributed by atoms with van der Waals surface area (Å²) in [5, 5.41) is 8.74. The van der Waals surface area contributed by atoms with Gasteiger partial charge in [-0.15, -0.1) is 0 Å². The molecule has 168 valence electrons. The van der Waals surface area contributed by atoms with E-state index in [1.807, 2.05) is 24.3 Å². The Hall–Kier alpha value is -3.55. The summed E-state index contributed by atoms with van der Waals surface area (Å²) in [7, 11) is 1.53. The third kappa shape index (κ3) is 4.69. The molecule has 1 aliphatic heterocycles. The SMILES string of the molecule is COc1ccccc1NC(=O)C[C@@H]1C(=O)N[C@@H]2CCCC[C@@H]2N1C(=O)Nc1ccccc1. The number of nitrogens with zero attached hydrogens (tertiary/aromatic N) is 1. The Morgan fingerprint density at radius 2 is 1.75 bits per heavy atom. The summed E-state index contributed by atoms with van der Waals surface area (Å²) in [4.78, 5) is 40.7. The lowest BCUT2D eigenvalue weighted by Gasteiger charge is -2.47. The Morgan fingerprint density at radius 3 is 2.53 bits per heavy atom. The Labute approximate surface area is 187 Å². The number of para-hydroxylation sites is 3. The van der Waals surface area contributed by atoms with Crippen LogP contribution in [0.25, 0.3) is 0 Å². The van der Waals surface area contributed by atoms with Crippen molar-refractivity contribution in [1.29, 1.82) is 0 Å². The number of fused-ring (bicyclic) bond motifs is 1. The molecule has 4 amide bonds. The summed E-state index contributed by atoms with van der Waals surface area (Å²) in [6.07, 6.45) is 3.46. The van der Waals surface area contributed by atoms with Gasteiger partial charge in [0.15, 0.2) is 0 Å². The molecule has 8 nitrogen and oxygen atoms in total. The van der Waals surface area contributed by atoms with Gasteiger partial charge in [0.2, 0.25) is 11.8 Å². The molecule has 0 aromatic heterocycles. The van der Waals surface area contributed by atoms with Crippen LogP contribution >= 0.6 is 0 Å². The van der Waals surface area contributed by atoms with Crippen LogP contribution in [-0.4, -0.2) is 48.0 Å². The van der Waals surface area contributed by atoms with Gasteiger partial charge in [0.05, 0.1) is 25.3 Å². The van der Waals surface area contributed by atoms with E-state index in [9.17, 15) is 14.4 Å². The number of methoxy groups -OCH3 is 1. The molecule has 0 radical (unpaired) electrons. The third-order valence-corrected chi connectivity index (χ3v) is 6.07. The molecule has 2 aromatic rings. The lowest BCUT2D eigenvalue weighted by Crippen LogP contribution is -2.68. The molecule has 2 aromatic carbocycles. The van der Waals surface area contributed by atoms with E-state index in [1.165, 1.54) is 7.11 Å². The van der Waals surface area contributed by atoms with E-state index in [-0.39, 0.29) is 36.3 Å². The maximum Gasteiger partial charge on any atom is 0.322 e. The number of benzene rings is 2. The highest BCUT2D eigenvalue weighted by atomic mass is 16.5. The standard InChI is InChI=1S/C24H28N4O4/c1-32-21-14-8-6-12-18(21)26-22(29)15-20-23(30)27-17-11-5-7-13-19(17)28(20)24(31)25-16-9-3-2-4-10-16/h2-4,6,8-10,12,14,17,19-20H,5,7,11,13,15H2,1H3,(H,25,31)(H,26,29)(H,27,30)/t17-,19+,20-/m1/s1. The van der Waals surface area contributed by atoms with E-state index in [0.29, 0.717) is 17.1 Å². The number of nitrogens with one attached hydrogen (secondary N) is 3. The van der Waals surface area contributed by atoms with Crippen LogP contribution in [0.4, 0.5) is 16.2 Å². The van der Waals surface area contributed by atoms with Crippen molar-refractivity contribution >= 4 is 29.2 Å². The number of hydrogen-bond acceptors (Lipinski definition) is 4. The van der Waals surface area contributed by atoms with Crippen molar-refractivity contribution in [3.05, 3.63) is 54.6 Å². The average Bonchev–Trinajstić information content (AvgIpc) is 2.80. The zero-order valence-corrected chi connectivity index (χ0v) is 18.0. The minimum Gasteiger partial charge on any atom is -0.495 e. The Morgan fingerprint density at radius 1 is 1.03 bits per heavy atom. The van der Waals surface area contributed by atoms with Crippen molar-refractivity contribution in [2.24, 2.45) is 0 Å². The summed E-state index contributed by atoms with van der Waals surface area (Å²) in [5.41, 5.74) is 1.17. The largest absolute Gasteiger partial charge is 0.495 e. The van der Waals surface area contributed by atoms with E-state index >= 15 is 0 Å². The maximum atomic E-state index is 13.3. The molecule has 1 heterocycles. The van der Waals surface area contributed by atoms with Crippen molar-refractivity contribution in [3.63, 3.8) is 0 Å². The Balaban J connectivity index is 1.55. The van der Waals surface area contributed by atoms with Gasteiger partial charge < -0.3 is 25.6 Å². The minimum absolute atomic E-state index is 0.0914. The van der Waals surface area contributed by atoms with Gasteiger partial charge in [-0.05, 0) is 37.1 Å². The van der Waals surface area contributed by atoms with E-state index < -0.39 is 6.04 Å². The van der Waals surface area contributed by atoms with Gasteiger partial charge in [-0.3, -0.25) is 9.59 Å². The van der Waals surface area contributed by atoms with Gasteiger partial charge in [0, 0.05) is 11.7 Å². The summed E-state index contributed by atoms with van der Waals surface area (Å²) in [6.45, 7) is 0. The number of carbonyl (C=O) groups is 3. The highest BCUT2D eigenvalue weighted by Gasteiger charge is 2.46. The van der Waals surface area contributed by atoms with Gasteiger partial charge in [0.1, 0.15) is 11.8 Å². The first-order valence-electron chi connectivity index (χ1n) is 10.9. The quantitative estimate of drug-likeness (QED) is 0.669. The monoisotopic (exact) mass is 436 g/mol. The molecule has 3 N–H and O–H groups in total. The van der Waals surface area contributed by atoms with E-state index in [1.54, 1.807) is 35.2 Å². The van der Waals surface area contributed by atoms with Gasteiger partial charge in [-0.1, -0.05) is 43.2 Å². The van der Waals surface area contributed by atoms with Crippen molar-refractivity contribution in [2.45, 2.75) is 50.2 Å². The zero-order chi connectivity index (χ0) is 22.5. The lowest BCUT2D eigenvalue weighted by molar-refractivity contribution is -0.135. The zero-order valence-electron chi connectivity index (χ0n) is 18.0. The number of carbonyl (C=O) groups excluding carboxylic acids is 3. The fraction of sp³-hybridized carbons (Fsp3) is 0.375. The van der Waals surface area contributed by atoms with E-state index in [4.69, 9.17) is 4.74 Å². The molecule has 32 heavy (non-hydrogen) atoms. The molecule has 1 aliphatic carbocycles. The lowest BCUT2D eigenvalue weighted by atomic mass is 9.85. The Kier molecular flexibility index (Phi) is 6.58. The molecule has 0 unspecified atom stereocenters. The second kappa shape index (κ2) is 9.72. The number of urea groups is 1. The fourth-order valence-corrected chi connectivity index (χ4v) is 4.57. The molecular formula is C24H28N4O4. The summed E-state index contributed by atoms with van der Waals surface area (Å²) >= 11 is 0. The molecule has 4 rings (SSSR count). The van der Waals surface area contributed by atoms with Crippen molar-refractivity contribution in [2.75, 3.05) is 17.7 Å². The molecule has 1 saturated heterocycles. The molecular weight excluding hydrogens is 408 g/mol. The number of ether oxygens (including phenoxy) is 1. The van der Waals surface area contributed by atoms with E-state index in [2.05, 4.69) is 16.0 Å². The predicted molar refractivity (Wildman–Crippen MR) is 122 cm³/mol. The van der Waals surface area contributed by atoms with Crippen molar-refractivity contribution in [1.82, 2.24) is 10.2 Å². The van der Waals surface area contributed by atoms with Gasteiger partial charge >= 0.3 is 6.03 Å². The number of hydrogen-bond donors (Lipinski definition) is 3. The second-order valence-electron chi connectivity index (χ2n) is 8.14. The second-order valence-corrected chi connectivity index (χ2v) is 8.14. The predicted octanol–water partition coefficient (Wildman–Crippen LogP) is 3.37. The number of piperazine rings is 1. The Bertz CT molecular complexity index is 981. The van der Waals surface area contributed by atoms with Crippen LogP contribution in [0.1, 0.15) is 32.1 Å². The van der Waals surface area contributed by atoms with Gasteiger partial charge in [-0.25, -0.2) is 4.79 Å². The normalized spacial score (nSPS) is 22.3. The van der Waals surface area contributed by atoms with Crippen LogP contribution in [0.3, 0.4) is 0 Å². The first-order chi connectivity index (χ1) is 15.6. The number of anilines is 2. The van der Waals surface area contributed by atoms with Gasteiger partial charge in [-0.2, -0.15) is 0 Å². The third-order valence-electron chi connectivity index (χ3n) is 6.07. The van der Waals surface area contributed by atoms with Crippen LogP contribution < -0.4 is 20.7 Å². The summed E-state index contributed by atoms with van der Waals surface area (Å²) < 4.78 is 5.29. The smallest absolute Gasteiger partial charge is 0.322 e. The highest BCUT2D eigenvalue weighted by molar-refractivity contribution is 6.00. The molecule has 2 aliphatic rings. The van der Waals surface area contributed by atoms with Crippen molar-refractivity contribution < 1.29 is 19.1 Å². The fourth-order valence-electron chi connectivity index (χ4n) is 4.57. The molecule has 1 saturated carbocycles. The molecule has 2 fully saturated rings. The molecule has 3 atom stereocenters. The van der Waals surface area contributed by atoms with Crippen LogP contribution in [0.2, 0.25) is 0 Å². The average molecular weight is 437 g/mol. The first-order valence-corrected chi connectivity index (χ1v) is 10.9. The first kappa shape index (κ1) is 21.7. The maximum absolute atomic E-state index is 13.3. The van der Waals surface area contributed by atoms with Crippen LogP contribution in [0.5, 0.6) is 5.75 Å². The van der Waals surface area contributed by atoms with Crippen molar-refractivity contribution in [3.8, 4) is 5.75 Å². The molecule has 8 heteroatoms. The number of rotatable bonds is 5. The highest BCUT2D eigenvalue weighted by Crippen LogP contribution is 2.31. The van der Waals surface area contributed by atoms with Gasteiger partial charge in [0.25, 0.3) is 0 Å². The topological polar surface area (TPSA) is 99.8 Å². The molecule has 0 bridgehead atoms. The summed E-state index contributed by atoms with van der Waals surface area (Å²) in [6, 6.07) is 14.7. The van der Waals surface area contributed by atoms with Crippen LogP contribution in [0.15, 0.2) is 54.6 Å². The van der Waals surface area contributed by atoms with Crippen LogP contribution in [0, 0.1) is 0 Å².